The van der Waals surface area contributed by atoms with Crippen LogP contribution in [0.25, 0.3) is 0 Å². The van der Waals surface area contributed by atoms with E-state index in [1.807, 2.05) is 23.9 Å². The van der Waals surface area contributed by atoms with Gasteiger partial charge < -0.3 is 11.1 Å². The Bertz CT molecular complexity index is 389. The molecule has 0 aliphatic heterocycles. The number of thioether (sulfide) groups is 1. The van der Waals surface area contributed by atoms with Gasteiger partial charge in [-0.3, -0.25) is 0 Å². The predicted molar refractivity (Wildman–Crippen MR) is 79.1 cm³/mol. The highest BCUT2D eigenvalue weighted by Crippen LogP contribution is 2.40. The van der Waals surface area contributed by atoms with Gasteiger partial charge in [-0.25, -0.2) is 0 Å². The van der Waals surface area contributed by atoms with Gasteiger partial charge in [-0.2, -0.15) is 11.8 Å². The molecule has 0 atom stereocenters. The van der Waals surface area contributed by atoms with Crippen molar-refractivity contribution in [2.45, 2.75) is 30.4 Å². The number of nitrogens with one attached hydrogen (secondary N) is 1. The summed E-state index contributed by atoms with van der Waals surface area (Å²) in [5.41, 5.74) is 7.66. The summed E-state index contributed by atoms with van der Waals surface area (Å²) in [4.78, 5) is 0. The Balaban J connectivity index is 2.01. The van der Waals surface area contributed by atoms with Gasteiger partial charge in [0.1, 0.15) is 0 Å². The Morgan fingerprint density at radius 2 is 2.12 bits per heavy atom. The summed E-state index contributed by atoms with van der Waals surface area (Å²) >= 11 is 7.87. The van der Waals surface area contributed by atoms with Crippen LogP contribution in [0.15, 0.2) is 18.2 Å². The Kier molecular flexibility index (Phi) is 4.10. The maximum Gasteiger partial charge on any atom is 0.0575 e. The zero-order chi connectivity index (χ0) is 12.3. The summed E-state index contributed by atoms with van der Waals surface area (Å²) in [6.07, 6.45) is 7.50. The summed E-state index contributed by atoms with van der Waals surface area (Å²) in [6, 6.07) is 5.63. The van der Waals surface area contributed by atoms with Crippen LogP contribution in [0.1, 0.15) is 25.7 Å². The van der Waals surface area contributed by atoms with E-state index in [4.69, 9.17) is 17.3 Å². The third-order valence-corrected chi connectivity index (χ3v) is 5.22. The number of hydrogen-bond acceptors (Lipinski definition) is 3. The average Bonchev–Trinajstić information content (AvgIpc) is 2.77. The van der Waals surface area contributed by atoms with Crippen LogP contribution in [0, 0.1) is 0 Å². The molecular weight excluding hydrogens is 252 g/mol. The quantitative estimate of drug-likeness (QED) is 0.812. The lowest BCUT2D eigenvalue weighted by molar-refractivity contribution is 0.640. The molecule has 0 radical (unpaired) electrons. The lowest BCUT2D eigenvalue weighted by Crippen LogP contribution is -2.30. The van der Waals surface area contributed by atoms with Gasteiger partial charge in [-0.05, 0) is 37.3 Å². The molecule has 0 aromatic heterocycles. The van der Waals surface area contributed by atoms with Crippen molar-refractivity contribution in [2.24, 2.45) is 0 Å². The number of nitrogens with two attached hydrogens (primary N) is 1. The van der Waals surface area contributed by atoms with Crippen LogP contribution in [-0.2, 0) is 0 Å². The molecule has 0 bridgehead atoms. The maximum atomic E-state index is 5.94. The first-order chi connectivity index (χ1) is 8.15. The van der Waals surface area contributed by atoms with E-state index in [-0.39, 0.29) is 0 Å². The van der Waals surface area contributed by atoms with Crippen molar-refractivity contribution in [3.05, 3.63) is 23.2 Å². The van der Waals surface area contributed by atoms with E-state index in [2.05, 4.69) is 11.6 Å². The second-order valence-corrected chi connectivity index (χ2v) is 6.39. The number of halogens is 1. The minimum Gasteiger partial charge on any atom is -0.397 e. The Morgan fingerprint density at radius 3 is 2.71 bits per heavy atom. The van der Waals surface area contributed by atoms with Crippen molar-refractivity contribution in [1.29, 1.82) is 0 Å². The standard InChI is InChI=1S/C13H19ClN2S/c1-17-13(6-2-3-7-13)9-16-12-5-4-10(14)8-11(12)15/h4-5,8,16H,2-3,6-7,9,15H2,1H3. The number of nitrogen functional groups attached to an aromatic ring is 1. The van der Waals surface area contributed by atoms with Gasteiger partial charge in [0.15, 0.2) is 0 Å². The first-order valence-electron chi connectivity index (χ1n) is 5.99. The molecule has 1 aliphatic rings. The summed E-state index contributed by atoms with van der Waals surface area (Å²) in [6.45, 7) is 0.986. The van der Waals surface area contributed by atoms with E-state index in [1.54, 1.807) is 6.07 Å². The van der Waals surface area contributed by atoms with Crippen LogP contribution >= 0.6 is 23.4 Å². The Labute approximate surface area is 112 Å². The Morgan fingerprint density at radius 1 is 1.41 bits per heavy atom. The summed E-state index contributed by atoms with van der Waals surface area (Å²) in [7, 11) is 0. The van der Waals surface area contributed by atoms with Crippen LogP contribution in [0.5, 0.6) is 0 Å². The molecule has 94 valence electrons. The van der Waals surface area contributed by atoms with Crippen molar-refractivity contribution < 1.29 is 0 Å². The van der Waals surface area contributed by atoms with Crippen LogP contribution in [0.3, 0.4) is 0 Å². The first-order valence-corrected chi connectivity index (χ1v) is 7.59. The normalized spacial score (nSPS) is 18.2. The molecule has 0 saturated heterocycles. The van der Waals surface area contributed by atoms with Gasteiger partial charge in [0.25, 0.3) is 0 Å². The second-order valence-electron chi connectivity index (χ2n) is 4.68. The van der Waals surface area contributed by atoms with Crippen LogP contribution in [0.2, 0.25) is 5.02 Å². The molecule has 1 aliphatic carbocycles. The lowest BCUT2D eigenvalue weighted by atomic mass is 10.1. The molecule has 17 heavy (non-hydrogen) atoms. The van der Waals surface area contributed by atoms with Crippen molar-refractivity contribution >= 4 is 34.7 Å². The molecule has 2 rings (SSSR count). The molecule has 1 aromatic carbocycles. The smallest absolute Gasteiger partial charge is 0.0575 e. The third-order valence-electron chi connectivity index (χ3n) is 3.56. The molecule has 1 fully saturated rings. The van der Waals surface area contributed by atoms with Gasteiger partial charge in [0, 0.05) is 16.3 Å². The molecule has 1 aromatic rings. The first kappa shape index (κ1) is 12.9. The van der Waals surface area contributed by atoms with Gasteiger partial charge in [0.2, 0.25) is 0 Å². The monoisotopic (exact) mass is 270 g/mol. The van der Waals surface area contributed by atoms with Crippen LogP contribution in [0.4, 0.5) is 11.4 Å². The summed E-state index contributed by atoms with van der Waals surface area (Å²) in [5.74, 6) is 0. The fourth-order valence-corrected chi connectivity index (χ4v) is 3.52. The van der Waals surface area contributed by atoms with E-state index in [0.717, 1.165) is 17.9 Å². The van der Waals surface area contributed by atoms with E-state index in [0.29, 0.717) is 9.77 Å². The minimum absolute atomic E-state index is 0.395. The molecule has 0 heterocycles. The van der Waals surface area contributed by atoms with E-state index < -0.39 is 0 Å². The van der Waals surface area contributed by atoms with Gasteiger partial charge >= 0.3 is 0 Å². The fraction of sp³-hybridized carbons (Fsp3) is 0.538. The SMILES string of the molecule is CSC1(CNc2ccc(Cl)cc2N)CCCC1. The molecule has 0 spiro atoms. The fourth-order valence-electron chi connectivity index (χ4n) is 2.42. The zero-order valence-corrected chi connectivity index (χ0v) is 11.7. The molecule has 0 unspecified atom stereocenters. The predicted octanol–water partition coefficient (Wildman–Crippen LogP) is 4.01. The van der Waals surface area contributed by atoms with Gasteiger partial charge in [-0.1, -0.05) is 24.4 Å². The highest BCUT2D eigenvalue weighted by atomic mass is 35.5. The average molecular weight is 271 g/mol. The molecule has 2 nitrogen and oxygen atoms in total. The second kappa shape index (κ2) is 5.40. The largest absolute Gasteiger partial charge is 0.397 e. The van der Waals surface area contributed by atoms with Gasteiger partial charge in [-0.15, -0.1) is 0 Å². The number of hydrogen-bond donors (Lipinski definition) is 2. The highest BCUT2D eigenvalue weighted by Gasteiger charge is 2.32. The molecule has 1 saturated carbocycles. The molecule has 3 N–H and O–H groups in total. The minimum atomic E-state index is 0.395. The van der Waals surface area contributed by atoms with E-state index in [9.17, 15) is 0 Å². The van der Waals surface area contributed by atoms with Crippen molar-refractivity contribution in [2.75, 3.05) is 23.9 Å². The van der Waals surface area contributed by atoms with Crippen molar-refractivity contribution in [1.82, 2.24) is 0 Å². The van der Waals surface area contributed by atoms with Crippen molar-refractivity contribution in [3.8, 4) is 0 Å². The van der Waals surface area contributed by atoms with E-state index in [1.165, 1.54) is 25.7 Å². The topological polar surface area (TPSA) is 38.0 Å². The van der Waals surface area contributed by atoms with Crippen LogP contribution in [-0.4, -0.2) is 17.5 Å². The molecule has 4 heteroatoms. The zero-order valence-electron chi connectivity index (χ0n) is 10.1. The summed E-state index contributed by atoms with van der Waals surface area (Å²) < 4.78 is 0.395. The number of benzene rings is 1. The maximum absolute atomic E-state index is 5.94. The van der Waals surface area contributed by atoms with Gasteiger partial charge in [0.05, 0.1) is 11.4 Å². The Hall–Kier alpha value is -0.540. The molecule has 0 amide bonds. The number of rotatable bonds is 4. The third kappa shape index (κ3) is 3.02. The van der Waals surface area contributed by atoms with E-state index >= 15 is 0 Å². The number of anilines is 2. The molecular formula is C13H19ClN2S. The summed E-state index contributed by atoms with van der Waals surface area (Å²) in [5, 5.41) is 4.16. The highest BCUT2D eigenvalue weighted by molar-refractivity contribution is 8.00. The van der Waals surface area contributed by atoms with Crippen molar-refractivity contribution in [3.63, 3.8) is 0 Å². The lowest BCUT2D eigenvalue weighted by Gasteiger charge is -2.27. The van der Waals surface area contributed by atoms with Crippen LogP contribution < -0.4 is 11.1 Å².